The second kappa shape index (κ2) is 6.24. The molecule has 6 heteroatoms. The molecule has 0 radical (unpaired) electrons. The third kappa shape index (κ3) is 3.06. The molecule has 0 heterocycles. The minimum atomic E-state index is -0.402. The maximum absolute atomic E-state index is 12.4. The fourth-order valence-electron chi connectivity index (χ4n) is 1.87. The van der Waals surface area contributed by atoms with Crippen LogP contribution in [-0.2, 0) is 0 Å². The molecule has 0 aliphatic carbocycles. The lowest BCUT2D eigenvalue weighted by Crippen LogP contribution is -2.15. The molecule has 110 valence electrons. The van der Waals surface area contributed by atoms with Crippen molar-refractivity contribution in [3.8, 4) is 5.75 Å². The number of nitrogens with two attached hydrogens (primary N) is 1. The smallest absolute Gasteiger partial charge is 0.257 e. The highest BCUT2D eigenvalue weighted by Gasteiger charge is 2.16. The quantitative estimate of drug-likeness (QED) is 0.834. The van der Waals surface area contributed by atoms with E-state index < -0.39 is 5.91 Å². The van der Waals surface area contributed by atoms with Gasteiger partial charge in [-0.15, -0.1) is 0 Å². The number of para-hydroxylation sites is 1. The van der Waals surface area contributed by atoms with E-state index in [9.17, 15) is 4.79 Å². The number of nitrogen functional groups attached to an aromatic ring is 1. The highest BCUT2D eigenvalue weighted by molar-refractivity contribution is 6.40. The van der Waals surface area contributed by atoms with Crippen molar-refractivity contribution in [3.05, 3.63) is 51.5 Å². The van der Waals surface area contributed by atoms with Crippen molar-refractivity contribution in [2.45, 2.75) is 6.92 Å². The molecule has 0 aliphatic heterocycles. The number of ether oxygens (including phenoxy) is 1. The van der Waals surface area contributed by atoms with Gasteiger partial charge < -0.3 is 15.8 Å². The van der Waals surface area contributed by atoms with Gasteiger partial charge in [0, 0.05) is 0 Å². The van der Waals surface area contributed by atoms with E-state index in [2.05, 4.69) is 5.32 Å². The molecular weight excluding hydrogens is 311 g/mol. The first kappa shape index (κ1) is 15.5. The van der Waals surface area contributed by atoms with Gasteiger partial charge in [0.1, 0.15) is 5.75 Å². The summed E-state index contributed by atoms with van der Waals surface area (Å²) in [7, 11) is 1.49. The van der Waals surface area contributed by atoms with Crippen LogP contribution >= 0.6 is 23.2 Å². The van der Waals surface area contributed by atoms with Crippen LogP contribution < -0.4 is 15.8 Å². The molecule has 2 aromatic rings. The van der Waals surface area contributed by atoms with Crippen molar-refractivity contribution in [1.82, 2.24) is 0 Å². The molecule has 4 nitrogen and oxygen atoms in total. The Kier molecular flexibility index (Phi) is 4.60. The Balaban J connectivity index is 2.38. The molecule has 1 amide bonds. The van der Waals surface area contributed by atoms with Crippen LogP contribution in [0.2, 0.25) is 10.0 Å². The third-order valence-corrected chi connectivity index (χ3v) is 3.86. The number of nitrogens with one attached hydrogen (secondary N) is 1. The van der Waals surface area contributed by atoms with Gasteiger partial charge >= 0.3 is 0 Å². The molecule has 0 bridgehead atoms. The summed E-state index contributed by atoms with van der Waals surface area (Å²) in [4.78, 5) is 12.4. The number of hydrogen-bond donors (Lipinski definition) is 2. The predicted molar refractivity (Wildman–Crippen MR) is 86.6 cm³/mol. The van der Waals surface area contributed by atoms with Crippen LogP contribution in [0.3, 0.4) is 0 Å². The first-order valence-corrected chi connectivity index (χ1v) is 6.89. The first-order chi connectivity index (χ1) is 9.95. The Morgan fingerprint density at radius 2 is 1.95 bits per heavy atom. The SMILES string of the molecule is COc1cccc(C(=O)Nc2c(Cl)ccc(C)c2Cl)c1N. The van der Waals surface area contributed by atoms with Crippen molar-refractivity contribution in [2.75, 3.05) is 18.2 Å². The molecule has 0 fully saturated rings. The van der Waals surface area contributed by atoms with Crippen molar-refractivity contribution in [2.24, 2.45) is 0 Å². The topological polar surface area (TPSA) is 64.3 Å². The van der Waals surface area contributed by atoms with E-state index in [4.69, 9.17) is 33.7 Å². The molecule has 0 saturated carbocycles. The van der Waals surface area contributed by atoms with E-state index in [-0.39, 0.29) is 5.69 Å². The third-order valence-electron chi connectivity index (χ3n) is 3.05. The molecular formula is C15H14Cl2N2O2. The Morgan fingerprint density at radius 3 is 2.62 bits per heavy atom. The number of anilines is 2. The highest BCUT2D eigenvalue weighted by Crippen LogP contribution is 2.34. The number of carbonyl (C=O) groups excluding carboxylic acids is 1. The summed E-state index contributed by atoms with van der Waals surface area (Å²) in [6.07, 6.45) is 0. The lowest BCUT2D eigenvalue weighted by molar-refractivity contribution is 0.102. The van der Waals surface area contributed by atoms with Crippen molar-refractivity contribution >= 4 is 40.5 Å². The second-order valence-electron chi connectivity index (χ2n) is 4.43. The molecule has 3 N–H and O–H groups in total. The van der Waals surface area contributed by atoms with Crippen LogP contribution in [0, 0.1) is 6.92 Å². The van der Waals surface area contributed by atoms with Gasteiger partial charge in [0.05, 0.1) is 34.1 Å². The van der Waals surface area contributed by atoms with Crippen LogP contribution in [0.15, 0.2) is 30.3 Å². The van der Waals surface area contributed by atoms with E-state index >= 15 is 0 Å². The van der Waals surface area contributed by atoms with Gasteiger partial charge in [0.15, 0.2) is 0 Å². The van der Waals surface area contributed by atoms with Gasteiger partial charge in [0.2, 0.25) is 0 Å². The monoisotopic (exact) mass is 324 g/mol. The average Bonchev–Trinajstić information content (AvgIpc) is 2.47. The maximum atomic E-state index is 12.4. The van der Waals surface area contributed by atoms with Crippen LogP contribution in [0.4, 0.5) is 11.4 Å². The normalized spacial score (nSPS) is 10.3. The number of methoxy groups -OCH3 is 1. The number of amides is 1. The van der Waals surface area contributed by atoms with E-state index in [0.717, 1.165) is 5.56 Å². The van der Waals surface area contributed by atoms with E-state index in [1.165, 1.54) is 7.11 Å². The average molecular weight is 325 g/mol. The summed E-state index contributed by atoms with van der Waals surface area (Å²) in [6, 6.07) is 8.42. The van der Waals surface area contributed by atoms with E-state index in [0.29, 0.717) is 27.0 Å². The fourth-order valence-corrected chi connectivity index (χ4v) is 2.34. The van der Waals surface area contributed by atoms with Gasteiger partial charge in [-0.3, -0.25) is 4.79 Å². The molecule has 2 aromatic carbocycles. The number of aryl methyl sites for hydroxylation is 1. The zero-order valence-corrected chi connectivity index (χ0v) is 13.0. The number of halogens is 2. The van der Waals surface area contributed by atoms with E-state index in [1.54, 1.807) is 30.3 Å². The Hall–Kier alpha value is -1.91. The molecule has 21 heavy (non-hydrogen) atoms. The zero-order valence-electron chi connectivity index (χ0n) is 11.5. The van der Waals surface area contributed by atoms with Gasteiger partial charge in [-0.05, 0) is 30.7 Å². The molecule has 0 saturated heterocycles. The minimum absolute atomic E-state index is 0.261. The summed E-state index contributed by atoms with van der Waals surface area (Å²) in [6.45, 7) is 1.83. The van der Waals surface area contributed by atoms with Crippen LogP contribution in [-0.4, -0.2) is 13.0 Å². The summed E-state index contributed by atoms with van der Waals surface area (Å²) < 4.78 is 5.10. The number of hydrogen-bond acceptors (Lipinski definition) is 3. The van der Waals surface area contributed by atoms with Crippen LogP contribution in [0.25, 0.3) is 0 Å². The largest absolute Gasteiger partial charge is 0.495 e. The summed E-state index contributed by atoms with van der Waals surface area (Å²) in [5.41, 5.74) is 7.64. The number of rotatable bonds is 3. The lowest BCUT2D eigenvalue weighted by Gasteiger charge is -2.13. The van der Waals surface area contributed by atoms with Crippen molar-refractivity contribution in [3.63, 3.8) is 0 Å². The minimum Gasteiger partial charge on any atom is -0.495 e. The Morgan fingerprint density at radius 1 is 1.24 bits per heavy atom. The van der Waals surface area contributed by atoms with Gasteiger partial charge in [-0.25, -0.2) is 0 Å². The zero-order chi connectivity index (χ0) is 15.6. The van der Waals surface area contributed by atoms with Gasteiger partial charge in [-0.2, -0.15) is 0 Å². The fraction of sp³-hybridized carbons (Fsp3) is 0.133. The first-order valence-electron chi connectivity index (χ1n) is 6.14. The summed E-state index contributed by atoms with van der Waals surface area (Å²) >= 11 is 12.2. The molecule has 0 unspecified atom stereocenters. The molecule has 0 aromatic heterocycles. The molecule has 0 atom stereocenters. The standard InChI is InChI=1S/C15H14Cl2N2O2/c1-8-6-7-10(16)14(12(8)17)19-15(20)9-4-3-5-11(21-2)13(9)18/h3-7H,18H2,1-2H3,(H,19,20). The number of benzene rings is 2. The lowest BCUT2D eigenvalue weighted by atomic mass is 10.1. The number of carbonyl (C=O) groups is 1. The second-order valence-corrected chi connectivity index (χ2v) is 5.21. The summed E-state index contributed by atoms with van der Waals surface area (Å²) in [5.74, 6) is 0.0323. The van der Waals surface area contributed by atoms with Crippen LogP contribution in [0.1, 0.15) is 15.9 Å². The molecule has 0 aliphatic rings. The molecule has 0 spiro atoms. The maximum Gasteiger partial charge on any atom is 0.257 e. The summed E-state index contributed by atoms with van der Waals surface area (Å²) in [5, 5.41) is 3.45. The van der Waals surface area contributed by atoms with Gasteiger partial charge in [0.25, 0.3) is 5.91 Å². The highest BCUT2D eigenvalue weighted by atomic mass is 35.5. The van der Waals surface area contributed by atoms with Crippen LogP contribution in [0.5, 0.6) is 5.75 Å². The Bertz CT molecular complexity index is 702. The van der Waals surface area contributed by atoms with Crippen molar-refractivity contribution in [1.29, 1.82) is 0 Å². The Labute approximate surface area is 132 Å². The predicted octanol–water partition coefficient (Wildman–Crippen LogP) is 4.14. The van der Waals surface area contributed by atoms with Gasteiger partial charge in [-0.1, -0.05) is 35.3 Å². The van der Waals surface area contributed by atoms with E-state index in [1.807, 2.05) is 6.92 Å². The molecule has 2 rings (SSSR count). The van der Waals surface area contributed by atoms with Crippen molar-refractivity contribution < 1.29 is 9.53 Å².